The molecule has 0 heterocycles. The molecular formula is C13H15NO2. The summed E-state index contributed by atoms with van der Waals surface area (Å²) in [6, 6.07) is 7.01. The molecule has 2 N–H and O–H groups in total. The molecule has 3 heteroatoms. The quantitative estimate of drug-likeness (QED) is 0.817. The summed E-state index contributed by atoms with van der Waals surface area (Å²) >= 11 is 0. The average Bonchev–Trinajstić information content (AvgIpc) is 2.31. The van der Waals surface area contributed by atoms with Gasteiger partial charge in [0.2, 0.25) is 0 Å². The molecular weight excluding hydrogens is 202 g/mol. The third kappa shape index (κ3) is 2.42. The molecule has 0 radical (unpaired) electrons. The van der Waals surface area contributed by atoms with Crippen molar-refractivity contribution in [3.8, 4) is 0 Å². The Morgan fingerprint density at radius 1 is 1.25 bits per heavy atom. The number of aromatic carboxylic acids is 1. The molecule has 84 valence electrons. The summed E-state index contributed by atoms with van der Waals surface area (Å²) in [5.74, 6) is -0.889. The van der Waals surface area contributed by atoms with Gasteiger partial charge in [-0.3, -0.25) is 0 Å². The Hall–Kier alpha value is -1.77. The number of carboxylic acid groups (broad SMARTS) is 1. The zero-order valence-electron chi connectivity index (χ0n) is 9.07. The molecule has 0 amide bonds. The third-order valence-corrected chi connectivity index (χ3v) is 2.74. The summed E-state index contributed by atoms with van der Waals surface area (Å²) in [5.41, 5.74) is 2.15. The number of rotatable bonds is 3. The number of para-hydroxylation sites is 1. The van der Waals surface area contributed by atoms with E-state index in [2.05, 4.69) is 11.4 Å². The maximum Gasteiger partial charge on any atom is 0.337 e. The predicted molar refractivity (Wildman–Crippen MR) is 63.6 cm³/mol. The van der Waals surface area contributed by atoms with E-state index >= 15 is 0 Å². The van der Waals surface area contributed by atoms with E-state index in [0.29, 0.717) is 11.3 Å². The van der Waals surface area contributed by atoms with Crippen molar-refractivity contribution in [2.45, 2.75) is 25.7 Å². The van der Waals surface area contributed by atoms with Crippen molar-refractivity contribution in [2.24, 2.45) is 0 Å². The Bertz CT molecular complexity index is 424. The highest BCUT2D eigenvalue weighted by molar-refractivity contribution is 5.94. The third-order valence-electron chi connectivity index (χ3n) is 2.74. The van der Waals surface area contributed by atoms with Gasteiger partial charge < -0.3 is 10.4 Å². The number of allylic oxidation sites excluding steroid dienone is 2. The molecule has 2 rings (SSSR count). The van der Waals surface area contributed by atoms with Crippen molar-refractivity contribution in [2.75, 3.05) is 5.32 Å². The van der Waals surface area contributed by atoms with E-state index in [4.69, 9.17) is 5.11 Å². The molecule has 3 nitrogen and oxygen atoms in total. The summed E-state index contributed by atoms with van der Waals surface area (Å²) in [6.45, 7) is 0. The first-order chi connectivity index (χ1) is 7.77. The van der Waals surface area contributed by atoms with E-state index in [0.717, 1.165) is 18.5 Å². The second-order valence-corrected chi connectivity index (χ2v) is 3.95. The van der Waals surface area contributed by atoms with Crippen molar-refractivity contribution in [3.63, 3.8) is 0 Å². The number of carbonyl (C=O) groups is 1. The molecule has 1 aromatic carbocycles. The first-order valence-corrected chi connectivity index (χ1v) is 5.56. The van der Waals surface area contributed by atoms with Crippen molar-refractivity contribution in [1.82, 2.24) is 0 Å². The fourth-order valence-electron chi connectivity index (χ4n) is 1.90. The summed E-state index contributed by atoms with van der Waals surface area (Å²) in [7, 11) is 0. The predicted octanol–water partition coefficient (Wildman–Crippen LogP) is 3.25. The van der Waals surface area contributed by atoms with Gasteiger partial charge in [0, 0.05) is 5.70 Å². The van der Waals surface area contributed by atoms with Crippen LogP contribution in [0.5, 0.6) is 0 Å². The standard InChI is InChI=1S/C13H15NO2/c15-13(16)11-8-4-5-9-12(11)14-10-6-2-1-3-7-10/h4-6,8-9,14H,1-3,7H2,(H,15,16). The van der Waals surface area contributed by atoms with Gasteiger partial charge in [-0.1, -0.05) is 18.2 Å². The number of benzene rings is 1. The zero-order valence-corrected chi connectivity index (χ0v) is 9.07. The number of hydrogen-bond acceptors (Lipinski definition) is 2. The molecule has 0 unspecified atom stereocenters. The minimum atomic E-state index is -0.889. The second kappa shape index (κ2) is 4.84. The highest BCUT2D eigenvalue weighted by Crippen LogP contribution is 2.22. The average molecular weight is 217 g/mol. The molecule has 0 saturated carbocycles. The molecule has 1 aromatic rings. The molecule has 1 aliphatic rings. The van der Waals surface area contributed by atoms with Crippen molar-refractivity contribution < 1.29 is 9.90 Å². The minimum Gasteiger partial charge on any atom is -0.478 e. The van der Waals surface area contributed by atoms with E-state index < -0.39 is 5.97 Å². The molecule has 0 aromatic heterocycles. The summed E-state index contributed by atoms with van der Waals surface area (Å²) in [6.07, 6.45) is 6.65. The van der Waals surface area contributed by atoms with Crippen molar-refractivity contribution >= 4 is 11.7 Å². The van der Waals surface area contributed by atoms with Gasteiger partial charge in [0.05, 0.1) is 11.3 Å². The molecule has 0 bridgehead atoms. The summed E-state index contributed by atoms with van der Waals surface area (Å²) in [5, 5.41) is 12.2. The molecule has 0 saturated heterocycles. The van der Waals surface area contributed by atoms with E-state index in [1.165, 1.54) is 12.8 Å². The van der Waals surface area contributed by atoms with E-state index in [1.54, 1.807) is 18.2 Å². The normalized spacial score (nSPS) is 15.4. The van der Waals surface area contributed by atoms with Gasteiger partial charge in [-0.15, -0.1) is 0 Å². The van der Waals surface area contributed by atoms with Gasteiger partial charge >= 0.3 is 5.97 Å². The Labute approximate surface area is 94.8 Å². The van der Waals surface area contributed by atoms with Crippen LogP contribution in [0.25, 0.3) is 0 Å². The lowest BCUT2D eigenvalue weighted by atomic mass is 10.0. The van der Waals surface area contributed by atoms with Crippen LogP contribution in [0.3, 0.4) is 0 Å². The monoisotopic (exact) mass is 217 g/mol. The van der Waals surface area contributed by atoms with Crippen LogP contribution in [0.15, 0.2) is 36.0 Å². The maximum absolute atomic E-state index is 11.0. The molecule has 16 heavy (non-hydrogen) atoms. The van der Waals surface area contributed by atoms with Crippen LogP contribution in [-0.2, 0) is 0 Å². The van der Waals surface area contributed by atoms with E-state index in [1.807, 2.05) is 6.07 Å². The van der Waals surface area contributed by atoms with Crippen LogP contribution in [0.4, 0.5) is 5.69 Å². The minimum absolute atomic E-state index is 0.328. The lowest BCUT2D eigenvalue weighted by Gasteiger charge is -2.16. The number of carboxylic acids is 1. The van der Waals surface area contributed by atoms with Crippen LogP contribution >= 0.6 is 0 Å². The molecule has 0 atom stereocenters. The molecule has 0 spiro atoms. The Kier molecular flexibility index (Phi) is 3.25. The number of hydrogen-bond donors (Lipinski definition) is 2. The van der Waals surface area contributed by atoms with Gasteiger partial charge in [0.15, 0.2) is 0 Å². The van der Waals surface area contributed by atoms with E-state index in [-0.39, 0.29) is 0 Å². The van der Waals surface area contributed by atoms with Gasteiger partial charge in [-0.05, 0) is 37.8 Å². The second-order valence-electron chi connectivity index (χ2n) is 3.95. The maximum atomic E-state index is 11.0. The molecule has 0 fully saturated rings. The van der Waals surface area contributed by atoms with Gasteiger partial charge in [0.1, 0.15) is 0 Å². The number of nitrogens with one attached hydrogen (secondary N) is 1. The SMILES string of the molecule is O=C(O)c1ccccc1NC1=CCCCC1. The first-order valence-electron chi connectivity index (χ1n) is 5.56. The highest BCUT2D eigenvalue weighted by atomic mass is 16.4. The Morgan fingerprint density at radius 2 is 2.06 bits per heavy atom. The van der Waals surface area contributed by atoms with Crippen LogP contribution in [0, 0.1) is 0 Å². The zero-order chi connectivity index (χ0) is 11.4. The van der Waals surface area contributed by atoms with Crippen LogP contribution in [0.2, 0.25) is 0 Å². The Morgan fingerprint density at radius 3 is 2.75 bits per heavy atom. The van der Waals surface area contributed by atoms with Gasteiger partial charge in [-0.2, -0.15) is 0 Å². The Balaban J connectivity index is 2.20. The highest BCUT2D eigenvalue weighted by Gasteiger charge is 2.10. The van der Waals surface area contributed by atoms with E-state index in [9.17, 15) is 4.79 Å². The topological polar surface area (TPSA) is 49.3 Å². The van der Waals surface area contributed by atoms with Crippen LogP contribution in [0.1, 0.15) is 36.0 Å². The fraction of sp³-hybridized carbons (Fsp3) is 0.308. The van der Waals surface area contributed by atoms with Crippen molar-refractivity contribution in [1.29, 1.82) is 0 Å². The molecule has 1 aliphatic carbocycles. The van der Waals surface area contributed by atoms with Gasteiger partial charge in [0.25, 0.3) is 0 Å². The first kappa shape index (κ1) is 10.7. The lowest BCUT2D eigenvalue weighted by molar-refractivity contribution is 0.0698. The summed E-state index contributed by atoms with van der Waals surface area (Å²) < 4.78 is 0. The smallest absolute Gasteiger partial charge is 0.337 e. The lowest BCUT2D eigenvalue weighted by Crippen LogP contribution is -2.07. The summed E-state index contributed by atoms with van der Waals surface area (Å²) in [4.78, 5) is 11.0. The fourth-order valence-corrected chi connectivity index (χ4v) is 1.90. The number of anilines is 1. The van der Waals surface area contributed by atoms with Crippen LogP contribution in [-0.4, -0.2) is 11.1 Å². The van der Waals surface area contributed by atoms with Gasteiger partial charge in [-0.25, -0.2) is 4.79 Å². The van der Waals surface area contributed by atoms with Crippen molar-refractivity contribution in [3.05, 3.63) is 41.6 Å². The largest absolute Gasteiger partial charge is 0.478 e. The van der Waals surface area contributed by atoms with Crippen LogP contribution < -0.4 is 5.32 Å². The molecule has 0 aliphatic heterocycles.